The highest BCUT2D eigenvalue weighted by Gasteiger charge is 2.24. The van der Waals surface area contributed by atoms with Crippen LogP contribution in [0, 0.1) is 0 Å². The van der Waals surface area contributed by atoms with Crippen LogP contribution in [0.4, 0.5) is 22.1 Å². The summed E-state index contributed by atoms with van der Waals surface area (Å²) in [5, 5.41) is 0. The molecule has 0 atom stereocenters. The van der Waals surface area contributed by atoms with Crippen LogP contribution in [0.2, 0.25) is 0 Å². The maximum Gasteiger partial charge on any atom is 0.415 e. The van der Waals surface area contributed by atoms with Crippen LogP contribution >= 0.6 is 0 Å². The number of carbonyl (C=O) groups excluding carboxylic acids is 1. The number of hydrogen-bond acceptors (Lipinski definition) is 7. The van der Waals surface area contributed by atoms with Crippen molar-refractivity contribution in [3.63, 3.8) is 0 Å². The quantitative estimate of drug-likeness (QED) is 0.742. The molecule has 0 unspecified atom stereocenters. The van der Waals surface area contributed by atoms with Gasteiger partial charge in [0, 0.05) is 0 Å². The molecular formula is C19H23N5O3. The molecule has 1 amide bonds. The van der Waals surface area contributed by atoms with E-state index in [0.29, 0.717) is 13.0 Å². The minimum Gasteiger partial charge on any atom is -0.463 e. The van der Waals surface area contributed by atoms with Gasteiger partial charge in [0.25, 0.3) is 0 Å². The first kappa shape index (κ1) is 18.5. The van der Waals surface area contributed by atoms with E-state index in [1.807, 2.05) is 30.3 Å². The molecule has 0 spiro atoms. The number of amides is 1. The third-order valence-corrected chi connectivity index (χ3v) is 4.05. The molecule has 1 aromatic heterocycles. The Morgan fingerprint density at radius 2 is 2.07 bits per heavy atom. The number of fused-ring (bicyclic) bond motifs is 4. The van der Waals surface area contributed by atoms with E-state index < -0.39 is 6.09 Å². The molecule has 0 saturated heterocycles. The summed E-state index contributed by atoms with van der Waals surface area (Å²) in [4.78, 5) is 22.3. The van der Waals surface area contributed by atoms with Gasteiger partial charge in [0.1, 0.15) is 5.69 Å². The molecule has 0 saturated carbocycles. The fourth-order valence-electron chi connectivity index (χ4n) is 2.74. The number of allylic oxidation sites excluding steroid dienone is 1. The van der Waals surface area contributed by atoms with Crippen LogP contribution in [0.5, 0.6) is 6.01 Å². The Labute approximate surface area is 157 Å². The van der Waals surface area contributed by atoms with Crippen molar-refractivity contribution in [1.29, 1.82) is 0 Å². The smallest absolute Gasteiger partial charge is 0.415 e. The number of hydrogen-bond donors (Lipinski definition) is 2. The molecule has 0 fully saturated rings. The van der Waals surface area contributed by atoms with Gasteiger partial charge in [-0.1, -0.05) is 36.4 Å². The number of aromatic nitrogens is 2. The first-order valence-corrected chi connectivity index (χ1v) is 8.81. The van der Waals surface area contributed by atoms with Crippen molar-refractivity contribution in [2.75, 3.05) is 29.6 Å². The molecule has 4 N–H and O–H groups in total. The van der Waals surface area contributed by atoms with Gasteiger partial charge in [0.05, 0.1) is 19.8 Å². The Morgan fingerprint density at radius 3 is 2.89 bits per heavy atom. The second-order valence-electron chi connectivity index (χ2n) is 6.05. The van der Waals surface area contributed by atoms with Gasteiger partial charge in [-0.2, -0.15) is 9.97 Å². The predicted molar refractivity (Wildman–Crippen MR) is 103 cm³/mol. The molecule has 4 bridgehead atoms. The molecule has 142 valence electrons. The van der Waals surface area contributed by atoms with Crippen LogP contribution in [0.25, 0.3) is 0 Å². The van der Waals surface area contributed by atoms with E-state index in [2.05, 4.69) is 16.0 Å². The average molecular weight is 369 g/mol. The van der Waals surface area contributed by atoms with E-state index >= 15 is 0 Å². The summed E-state index contributed by atoms with van der Waals surface area (Å²) in [6.45, 7) is 2.58. The number of benzene rings is 1. The van der Waals surface area contributed by atoms with Crippen molar-refractivity contribution < 1.29 is 14.3 Å². The number of carbonyl (C=O) groups is 1. The van der Waals surface area contributed by atoms with Crippen molar-refractivity contribution in [1.82, 2.24) is 9.97 Å². The van der Waals surface area contributed by atoms with Crippen molar-refractivity contribution in [2.45, 2.75) is 26.3 Å². The number of nitrogens with zero attached hydrogens (tertiary/aromatic N) is 3. The Morgan fingerprint density at radius 1 is 1.26 bits per heavy atom. The molecular weight excluding hydrogens is 346 g/mol. The number of nitrogens with two attached hydrogens (primary N) is 2. The molecule has 1 aromatic carbocycles. The van der Waals surface area contributed by atoms with Gasteiger partial charge < -0.3 is 20.9 Å². The van der Waals surface area contributed by atoms with Crippen LogP contribution < -0.4 is 21.1 Å². The predicted octanol–water partition coefficient (Wildman–Crippen LogP) is 2.69. The summed E-state index contributed by atoms with van der Waals surface area (Å²) in [6, 6.07) is 8.05. The van der Waals surface area contributed by atoms with E-state index in [0.717, 1.165) is 17.5 Å². The van der Waals surface area contributed by atoms with Crippen molar-refractivity contribution in [3.05, 3.63) is 47.5 Å². The molecule has 8 nitrogen and oxygen atoms in total. The fourth-order valence-corrected chi connectivity index (χ4v) is 2.74. The van der Waals surface area contributed by atoms with Gasteiger partial charge >= 0.3 is 12.1 Å². The maximum atomic E-state index is 12.6. The van der Waals surface area contributed by atoms with Crippen LogP contribution in [-0.4, -0.2) is 29.3 Å². The van der Waals surface area contributed by atoms with E-state index in [9.17, 15) is 4.79 Å². The summed E-state index contributed by atoms with van der Waals surface area (Å²) in [5.74, 6) is 0.231. The standard InChI is InChI=1S/C19H23N5O3/c1-2-26-19(25)24-12-14-9-6-8-13(11-14)7-4-3-5-10-27-18-22-16(21)15(20)17(24)23-18/h3-4,6,8-9,11H,2,5,7,10,12,20H2,1H3,(H2,21,22,23)/b4-3+. The Balaban J connectivity index is 2.08. The summed E-state index contributed by atoms with van der Waals surface area (Å²) in [7, 11) is 0. The Hall–Kier alpha value is -3.29. The lowest BCUT2D eigenvalue weighted by atomic mass is 10.1. The summed E-state index contributed by atoms with van der Waals surface area (Å²) in [5.41, 5.74) is 14.2. The highest BCUT2D eigenvalue weighted by molar-refractivity contribution is 5.92. The maximum absolute atomic E-state index is 12.6. The highest BCUT2D eigenvalue weighted by Crippen LogP contribution is 2.29. The second kappa shape index (κ2) is 8.39. The lowest BCUT2D eigenvalue weighted by molar-refractivity contribution is 0.159. The van der Waals surface area contributed by atoms with E-state index in [4.69, 9.17) is 20.9 Å². The number of nitrogen functional groups attached to an aromatic ring is 2. The highest BCUT2D eigenvalue weighted by atomic mass is 16.6. The minimum atomic E-state index is -0.564. The molecule has 0 aliphatic carbocycles. The topological polar surface area (TPSA) is 117 Å². The summed E-state index contributed by atoms with van der Waals surface area (Å²) < 4.78 is 10.8. The normalized spacial score (nSPS) is 15.4. The van der Waals surface area contributed by atoms with E-state index in [1.165, 1.54) is 4.90 Å². The number of anilines is 3. The lowest BCUT2D eigenvalue weighted by Crippen LogP contribution is -2.33. The van der Waals surface area contributed by atoms with Gasteiger partial charge in [0.15, 0.2) is 11.6 Å². The average Bonchev–Trinajstić information content (AvgIpc) is 2.65. The van der Waals surface area contributed by atoms with Gasteiger partial charge in [-0.15, -0.1) is 0 Å². The monoisotopic (exact) mass is 369 g/mol. The number of rotatable bonds is 1. The van der Waals surface area contributed by atoms with Gasteiger partial charge in [0.2, 0.25) is 0 Å². The zero-order valence-corrected chi connectivity index (χ0v) is 15.2. The molecule has 1 aliphatic rings. The van der Waals surface area contributed by atoms with Gasteiger partial charge in [-0.05, 0) is 30.9 Å². The molecule has 0 radical (unpaired) electrons. The molecule has 1 aliphatic heterocycles. The van der Waals surface area contributed by atoms with Gasteiger partial charge in [-0.3, -0.25) is 4.90 Å². The molecule has 2 aromatic rings. The van der Waals surface area contributed by atoms with Crippen LogP contribution in [0.1, 0.15) is 24.5 Å². The van der Waals surface area contributed by atoms with Crippen molar-refractivity contribution in [2.24, 2.45) is 0 Å². The molecule has 2 heterocycles. The second-order valence-corrected chi connectivity index (χ2v) is 6.05. The van der Waals surface area contributed by atoms with Crippen molar-refractivity contribution in [3.8, 4) is 6.01 Å². The van der Waals surface area contributed by atoms with Crippen LogP contribution in [-0.2, 0) is 17.7 Å². The third kappa shape index (κ3) is 4.46. The first-order valence-electron chi connectivity index (χ1n) is 8.81. The van der Waals surface area contributed by atoms with Crippen molar-refractivity contribution >= 4 is 23.4 Å². The lowest BCUT2D eigenvalue weighted by Gasteiger charge is -2.23. The summed E-state index contributed by atoms with van der Waals surface area (Å²) in [6.07, 6.45) is 5.06. The van der Waals surface area contributed by atoms with E-state index in [-0.39, 0.29) is 36.5 Å². The Bertz CT molecular complexity index is 853. The first-order chi connectivity index (χ1) is 13.1. The largest absolute Gasteiger partial charge is 0.463 e. The Kier molecular flexibility index (Phi) is 5.75. The molecule has 27 heavy (non-hydrogen) atoms. The zero-order valence-electron chi connectivity index (χ0n) is 15.2. The minimum absolute atomic E-state index is 0.0562. The summed E-state index contributed by atoms with van der Waals surface area (Å²) >= 11 is 0. The molecule has 3 rings (SSSR count). The molecule has 8 heteroatoms. The van der Waals surface area contributed by atoms with Crippen LogP contribution in [0.3, 0.4) is 0 Å². The third-order valence-electron chi connectivity index (χ3n) is 4.05. The van der Waals surface area contributed by atoms with Gasteiger partial charge in [-0.25, -0.2) is 4.79 Å². The van der Waals surface area contributed by atoms with E-state index in [1.54, 1.807) is 6.92 Å². The SMILES string of the molecule is CCOC(=O)N1Cc2cccc(c2)C/C=C/CCOc2nc(N)c(N)c1n2. The van der Waals surface area contributed by atoms with Crippen LogP contribution in [0.15, 0.2) is 36.4 Å². The number of ether oxygens (including phenoxy) is 2. The fraction of sp³-hybridized carbons (Fsp3) is 0.316. The zero-order chi connectivity index (χ0) is 19.2.